The highest BCUT2D eigenvalue weighted by atomic mass is 32.2. The molecule has 2 heterocycles. The Morgan fingerprint density at radius 1 is 1.30 bits per heavy atom. The lowest BCUT2D eigenvalue weighted by Crippen LogP contribution is -2.20. The molecule has 122 valence electrons. The molecule has 1 aromatic carbocycles. The van der Waals surface area contributed by atoms with Crippen molar-refractivity contribution in [2.75, 3.05) is 16.7 Å². The van der Waals surface area contributed by atoms with Crippen LogP contribution in [-0.4, -0.2) is 31.2 Å². The smallest absolute Gasteiger partial charge is 0.262 e. The Morgan fingerprint density at radius 2 is 2.04 bits per heavy atom. The van der Waals surface area contributed by atoms with E-state index in [1.807, 2.05) is 6.92 Å². The van der Waals surface area contributed by atoms with Gasteiger partial charge in [0, 0.05) is 26.0 Å². The van der Waals surface area contributed by atoms with Crippen molar-refractivity contribution in [1.82, 2.24) is 9.78 Å². The number of aromatic nitrogens is 2. The van der Waals surface area contributed by atoms with E-state index in [0.717, 1.165) is 11.3 Å². The summed E-state index contributed by atoms with van der Waals surface area (Å²) < 4.78 is 29.3. The molecule has 0 aliphatic carbocycles. The van der Waals surface area contributed by atoms with Crippen molar-refractivity contribution in [1.29, 1.82) is 0 Å². The Labute approximate surface area is 135 Å². The number of likely N-dealkylation sites (N-methyl/N-ethyl adjacent to an activating group) is 1. The van der Waals surface area contributed by atoms with Gasteiger partial charge < -0.3 is 4.90 Å². The first-order chi connectivity index (χ1) is 10.8. The van der Waals surface area contributed by atoms with Crippen molar-refractivity contribution in [3.8, 4) is 0 Å². The maximum Gasteiger partial charge on any atom is 0.262 e. The molecule has 0 unspecified atom stereocenters. The van der Waals surface area contributed by atoms with Gasteiger partial charge in [0.05, 0.1) is 22.7 Å². The lowest BCUT2D eigenvalue weighted by atomic mass is 10.2. The molecule has 23 heavy (non-hydrogen) atoms. The second kappa shape index (κ2) is 5.38. The minimum absolute atomic E-state index is 0.0389. The molecule has 0 saturated carbocycles. The van der Waals surface area contributed by atoms with Crippen LogP contribution in [0, 0.1) is 0 Å². The number of hydrogen-bond acceptors (Lipinski definition) is 4. The Bertz CT molecular complexity index is 886. The van der Waals surface area contributed by atoms with Crippen LogP contribution in [0.1, 0.15) is 18.2 Å². The first-order valence-corrected chi connectivity index (χ1v) is 8.75. The van der Waals surface area contributed by atoms with Gasteiger partial charge >= 0.3 is 0 Å². The number of nitrogens with one attached hydrogen (secondary N) is 1. The molecular formula is C15H18N4O3S. The molecule has 1 aromatic heterocycles. The summed E-state index contributed by atoms with van der Waals surface area (Å²) in [6, 6.07) is 4.73. The molecule has 0 fully saturated rings. The van der Waals surface area contributed by atoms with Gasteiger partial charge in [-0.3, -0.25) is 14.2 Å². The summed E-state index contributed by atoms with van der Waals surface area (Å²) in [7, 11) is -0.294. The van der Waals surface area contributed by atoms with E-state index in [1.54, 1.807) is 37.1 Å². The van der Waals surface area contributed by atoms with Crippen molar-refractivity contribution < 1.29 is 13.2 Å². The van der Waals surface area contributed by atoms with Gasteiger partial charge in [-0.2, -0.15) is 5.10 Å². The van der Waals surface area contributed by atoms with Crippen LogP contribution < -0.4 is 9.62 Å². The molecule has 0 radical (unpaired) electrons. The molecule has 0 spiro atoms. The van der Waals surface area contributed by atoms with E-state index in [-0.39, 0.29) is 17.2 Å². The van der Waals surface area contributed by atoms with Gasteiger partial charge in [0.1, 0.15) is 0 Å². The average Bonchev–Trinajstić information content (AvgIpc) is 2.98. The first-order valence-electron chi connectivity index (χ1n) is 7.26. The minimum atomic E-state index is -3.72. The Kier molecular flexibility index (Phi) is 3.63. The standard InChI is InChI=1S/C15H18N4O3S/c1-4-12-13(9-18(2)16-12)17-23(21,22)11-5-6-14-10(7-11)8-15(20)19(14)3/h5-7,9,17H,4,8H2,1-3H3. The summed E-state index contributed by atoms with van der Waals surface area (Å²) >= 11 is 0. The molecule has 1 amide bonds. The molecule has 7 nitrogen and oxygen atoms in total. The van der Waals surface area contributed by atoms with E-state index in [2.05, 4.69) is 9.82 Å². The van der Waals surface area contributed by atoms with Crippen molar-refractivity contribution >= 4 is 27.3 Å². The lowest BCUT2D eigenvalue weighted by Gasteiger charge is -2.11. The number of benzene rings is 1. The van der Waals surface area contributed by atoms with Gasteiger partial charge in [0.15, 0.2) is 0 Å². The highest BCUT2D eigenvalue weighted by Crippen LogP contribution is 2.30. The quantitative estimate of drug-likeness (QED) is 0.913. The summed E-state index contributed by atoms with van der Waals surface area (Å²) in [6.45, 7) is 1.91. The predicted molar refractivity (Wildman–Crippen MR) is 87.0 cm³/mol. The molecule has 1 aliphatic heterocycles. The van der Waals surface area contributed by atoms with E-state index < -0.39 is 10.0 Å². The van der Waals surface area contributed by atoms with E-state index in [0.29, 0.717) is 17.8 Å². The van der Waals surface area contributed by atoms with E-state index in [9.17, 15) is 13.2 Å². The van der Waals surface area contributed by atoms with Crippen molar-refractivity contribution in [3.63, 3.8) is 0 Å². The number of nitrogens with zero attached hydrogens (tertiary/aromatic N) is 3. The normalized spacial score (nSPS) is 14.2. The fourth-order valence-electron chi connectivity index (χ4n) is 2.70. The fourth-order valence-corrected chi connectivity index (χ4v) is 3.82. The molecule has 2 aromatic rings. The van der Waals surface area contributed by atoms with Crippen molar-refractivity contribution in [2.24, 2.45) is 7.05 Å². The van der Waals surface area contributed by atoms with Gasteiger partial charge in [-0.25, -0.2) is 8.42 Å². The maximum absolute atomic E-state index is 12.6. The van der Waals surface area contributed by atoms with Crippen LogP contribution in [0.15, 0.2) is 29.3 Å². The third kappa shape index (κ3) is 2.70. The summed E-state index contributed by atoms with van der Waals surface area (Å²) in [5.74, 6) is -0.0389. The third-order valence-electron chi connectivity index (χ3n) is 3.92. The average molecular weight is 334 g/mol. The molecule has 3 rings (SSSR count). The molecule has 0 atom stereocenters. The van der Waals surface area contributed by atoms with E-state index in [1.165, 1.54) is 11.0 Å². The molecule has 1 N–H and O–H groups in total. The predicted octanol–water partition coefficient (Wildman–Crippen LogP) is 1.30. The van der Waals surface area contributed by atoms with Crippen LogP contribution in [-0.2, 0) is 34.7 Å². The largest absolute Gasteiger partial charge is 0.315 e. The van der Waals surface area contributed by atoms with Crippen molar-refractivity contribution in [2.45, 2.75) is 24.7 Å². The second-order valence-corrected chi connectivity index (χ2v) is 7.22. The number of carbonyl (C=O) groups excluding carboxylic acids is 1. The van der Waals surface area contributed by atoms with Crippen LogP contribution in [0.4, 0.5) is 11.4 Å². The van der Waals surface area contributed by atoms with Gasteiger partial charge in [-0.05, 0) is 30.2 Å². The summed E-state index contributed by atoms with van der Waals surface area (Å²) in [6.07, 6.45) is 2.49. The number of aryl methyl sites for hydroxylation is 2. The minimum Gasteiger partial charge on any atom is -0.315 e. The fraction of sp³-hybridized carbons (Fsp3) is 0.333. The Morgan fingerprint density at radius 3 is 2.74 bits per heavy atom. The molecular weight excluding hydrogens is 316 g/mol. The molecule has 0 saturated heterocycles. The van der Waals surface area contributed by atoms with Crippen LogP contribution in [0.5, 0.6) is 0 Å². The Hall–Kier alpha value is -2.35. The zero-order valence-corrected chi connectivity index (χ0v) is 14.0. The van der Waals surface area contributed by atoms with Gasteiger partial charge in [-0.1, -0.05) is 6.92 Å². The SMILES string of the molecule is CCc1nn(C)cc1NS(=O)(=O)c1ccc2c(c1)CC(=O)N2C. The van der Waals surface area contributed by atoms with Crippen LogP contribution in [0.2, 0.25) is 0 Å². The van der Waals surface area contributed by atoms with Gasteiger partial charge in [0.2, 0.25) is 5.91 Å². The van der Waals surface area contributed by atoms with Crippen LogP contribution >= 0.6 is 0 Å². The number of fused-ring (bicyclic) bond motifs is 1. The second-order valence-electron chi connectivity index (χ2n) is 5.54. The number of anilines is 2. The number of rotatable bonds is 4. The molecule has 1 aliphatic rings. The monoisotopic (exact) mass is 334 g/mol. The summed E-state index contributed by atoms with van der Waals surface area (Å²) in [4.78, 5) is 13.4. The number of amides is 1. The summed E-state index contributed by atoms with van der Waals surface area (Å²) in [5.41, 5.74) is 2.64. The van der Waals surface area contributed by atoms with Crippen molar-refractivity contribution in [3.05, 3.63) is 35.7 Å². The first kappa shape index (κ1) is 15.5. The lowest BCUT2D eigenvalue weighted by molar-refractivity contribution is -0.117. The van der Waals surface area contributed by atoms with Gasteiger partial charge in [-0.15, -0.1) is 0 Å². The molecule has 0 bridgehead atoms. The number of sulfonamides is 1. The number of hydrogen-bond donors (Lipinski definition) is 1. The van der Waals surface area contributed by atoms with Crippen LogP contribution in [0.3, 0.4) is 0 Å². The van der Waals surface area contributed by atoms with E-state index >= 15 is 0 Å². The number of carbonyl (C=O) groups is 1. The summed E-state index contributed by atoms with van der Waals surface area (Å²) in [5, 5.41) is 4.22. The third-order valence-corrected chi connectivity index (χ3v) is 5.29. The zero-order valence-electron chi connectivity index (χ0n) is 13.2. The Balaban J connectivity index is 1.95. The maximum atomic E-state index is 12.6. The zero-order chi connectivity index (χ0) is 16.8. The van der Waals surface area contributed by atoms with Crippen LogP contribution in [0.25, 0.3) is 0 Å². The highest BCUT2D eigenvalue weighted by Gasteiger charge is 2.26. The topological polar surface area (TPSA) is 84.3 Å². The highest BCUT2D eigenvalue weighted by molar-refractivity contribution is 7.92. The van der Waals surface area contributed by atoms with E-state index in [4.69, 9.17) is 0 Å². The molecule has 8 heteroatoms. The van der Waals surface area contributed by atoms with Gasteiger partial charge in [0.25, 0.3) is 10.0 Å².